The lowest BCUT2D eigenvalue weighted by molar-refractivity contribution is 0.102. The van der Waals surface area contributed by atoms with Crippen molar-refractivity contribution >= 4 is 28.9 Å². The van der Waals surface area contributed by atoms with E-state index < -0.39 is 11.7 Å². The van der Waals surface area contributed by atoms with Crippen LogP contribution in [0, 0.1) is 5.82 Å². The molecule has 2 aromatic carbocycles. The molecule has 0 atom stereocenters. The summed E-state index contributed by atoms with van der Waals surface area (Å²) in [6.07, 6.45) is 0. The van der Waals surface area contributed by atoms with Gasteiger partial charge in [0.15, 0.2) is 0 Å². The fraction of sp³-hybridized carbons (Fsp3) is 0.133. The van der Waals surface area contributed by atoms with Crippen LogP contribution in [0.4, 0.5) is 15.8 Å². The average molecular weight is 309 g/mol. The van der Waals surface area contributed by atoms with Crippen molar-refractivity contribution in [3.05, 3.63) is 52.8 Å². The maximum absolute atomic E-state index is 13.0. The average Bonchev–Trinajstić information content (AvgIpc) is 2.41. The lowest BCUT2D eigenvalue weighted by atomic mass is 10.1. The zero-order valence-electron chi connectivity index (χ0n) is 11.3. The molecule has 0 fully saturated rings. The number of hydrogen-bond acceptors (Lipinski definition) is 3. The molecule has 2 rings (SSSR count). The number of amides is 1. The summed E-state index contributed by atoms with van der Waals surface area (Å²) in [4.78, 5) is 12.1. The Morgan fingerprint density at radius 2 is 2.10 bits per heavy atom. The third-order valence-electron chi connectivity index (χ3n) is 2.75. The van der Waals surface area contributed by atoms with Crippen molar-refractivity contribution in [3.8, 4) is 5.75 Å². The molecule has 0 aromatic heterocycles. The maximum atomic E-state index is 13.0. The Balaban J connectivity index is 2.17. The van der Waals surface area contributed by atoms with E-state index >= 15 is 0 Å². The first kappa shape index (κ1) is 15.1. The molecule has 0 bridgehead atoms. The molecule has 0 saturated carbocycles. The van der Waals surface area contributed by atoms with Gasteiger partial charge in [-0.3, -0.25) is 4.79 Å². The number of halogens is 2. The van der Waals surface area contributed by atoms with Gasteiger partial charge in [0.1, 0.15) is 11.6 Å². The third kappa shape index (κ3) is 3.64. The number of nitrogens with two attached hydrogens (primary N) is 1. The van der Waals surface area contributed by atoms with Crippen LogP contribution < -0.4 is 15.8 Å². The SMILES string of the molecule is CCOc1ccc(NC(=O)c2ccc(F)cc2N)cc1Cl. The largest absolute Gasteiger partial charge is 0.492 e. The van der Waals surface area contributed by atoms with Crippen LogP contribution in [0.3, 0.4) is 0 Å². The van der Waals surface area contributed by atoms with Crippen molar-refractivity contribution < 1.29 is 13.9 Å². The van der Waals surface area contributed by atoms with E-state index in [1.165, 1.54) is 12.1 Å². The van der Waals surface area contributed by atoms with Gasteiger partial charge in [-0.05, 0) is 43.3 Å². The molecule has 6 heteroatoms. The molecule has 0 unspecified atom stereocenters. The second kappa shape index (κ2) is 6.45. The van der Waals surface area contributed by atoms with E-state index in [1.807, 2.05) is 6.92 Å². The van der Waals surface area contributed by atoms with E-state index in [0.29, 0.717) is 23.1 Å². The fourth-order valence-corrected chi connectivity index (χ4v) is 2.03. The summed E-state index contributed by atoms with van der Waals surface area (Å²) in [7, 11) is 0. The highest BCUT2D eigenvalue weighted by molar-refractivity contribution is 6.32. The predicted molar refractivity (Wildman–Crippen MR) is 81.4 cm³/mol. The monoisotopic (exact) mass is 308 g/mol. The summed E-state index contributed by atoms with van der Waals surface area (Å²) < 4.78 is 18.3. The smallest absolute Gasteiger partial charge is 0.257 e. The molecule has 0 saturated heterocycles. The fourth-order valence-electron chi connectivity index (χ4n) is 1.79. The Morgan fingerprint density at radius 1 is 1.33 bits per heavy atom. The summed E-state index contributed by atoms with van der Waals surface area (Å²) in [5, 5.41) is 3.04. The standard InChI is InChI=1S/C15H14ClFN2O2/c1-2-21-14-6-4-10(8-12(14)16)19-15(20)11-5-3-9(17)7-13(11)18/h3-8H,2,18H2,1H3,(H,19,20). The van der Waals surface area contributed by atoms with Crippen LogP contribution in [0.5, 0.6) is 5.75 Å². The number of carbonyl (C=O) groups is 1. The molecule has 21 heavy (non-hydrogen) atoms. The number of carbonyl (C=O) groups excluding carboxylic acids is 1. The van der Waals surface area contributed by atoms with E-state index in [1.54, 1.807) is 18.2 Å². The highest BCUT2D eigenvalue weighted by Crippen LogP contribution is 2.28. The number of nitrogens with one attached hydrogen (secondary N) is 1. The summed E-state index contributed by atoms with van der Waals surface area (Å²) >= 11 is 6.04. The Bertz CT molecular complexity index is 677. The van der Waals surface area contributed by atoms with Crippen LogP contribution in [0.15, 0.2) is 36.4 Å². The van der Waals surface area contributed by atoms with E-state index in [0.717, 1.165) is 6.07 Å². The third-order valence-corrected chi connectivity index (χ3v) is 3.04. The number of rotatable bonds is 4. The van der Waals surface area contributed by atoms with Crippen LogP contribution in [0.2, 0.25) is 5.02 Å². The first-order chi connectivity index (χ1) is 10.0. The molecular formula is C15H14ClFN2O2. The Morgan fingerprint density at radius 3 is 2.71 bits per heavy atom. The molecule has 110 valence electrons. The van der Waals surface area contributed by atoms with Gasteiger partial charge in [-0.15, -0.1) is 0 Å². The number of benzene rings is 2. The van der Waals surface area contributed by atoms with E-state index in [4.69, 9.17) is 22.1 Å². The summed E-state index contributed by atoms with van der Waals surface area (Å²) in [5.74, 6) is -0.389. The zero-order valence-corrected chi connectivity index (χ0v) is 12.1. The van der Waals surface area contributed by atoms with Crippen molar-refractivity contribution in [3.63, 3.8) is 0 Å². The molecule has 0 radical (unpaired) electrons. The molecule has 0 aliphatic rings. The molecule has 0 aliphatic heterocycles. The summed E-state index contributed by atoms with van der Waals surface area (Å²) in [6.45, 7) is 2.35. The van der Waals surface area contributed by atoms with Crippen LogP contribution in [0.25, 0.3) is 0 Å². The molecular weight excluding hydrogens is 295 g/mol. The summed E-state index contributed by atoms with van der Waals surface area (Å²) in [5.41, 5.74) is 6.39. The van der Waals surface area contributed by atoms with Gasteiger partial charge in [0, 0.05) is 11.4 Å². The van der Waals surface area contributed by atoms with E-state index in [-0.39, 0.29) is 11.3 Å². The van der Waals surface area contributed by atoms with Crippen LogP contribution in [-0.4, -0.2) is 12.5 Å². The highest BCUT2D eigenvalue weighted by atomic mass is 35.5. The van der Waals surface area contributed by atoms with Gasteiger partial charge in [-0.2, -0.15) is 0 Å². The number of anilines is 2. The van der Waals surface area contributed by atoms with Crippen molar-refractivity contribution in [1.29, 1.82) is 0 Å². The van der Waals surface area contributed by atoms with Crippen LogP contribution in [0.1, 0.15) is 17.3 Å². The van der Waals surface area contributed by atoms with Gasteiger partial charge < -0.3 is 15.8 Å². The van der Waals surface area contributed by atoms with E-state index in [2.05, 4.69) is 5.32 Å². The second-order valence-electron chi connectivity index (χ2n) is 4.26. The molecule has 3 N–H and O–H groups in total. The van der Waals surface area contributed by atoms with Crippen molar-refractivity contribution in [2.45, 2.75) is 6.92 Å². The summed E-state index contributed by atoms with van der Waals surface area (Å²) in [6, 6.07) is 8.50. The highest BCUT2D eigenvalue weighted by Gasteiger charge is 2.11. The molecule has 0 spiro atoms. The lowest BCUT2D eigenvalue weighted by Crippen LogP contribution is -2.14. The minimum atomic E-state index is -0.492. The normalized spacial score (nSPS) is 10.2. The van der Waals surface area contributed by atoms with Crippen LogP contribution >= 0.6 is 11.6 Å². The second-order valence-corrected chi connectivity index (χ2v) is 4.67. The van der Waals surface area contributed by atoms with Gasteiger partial charge in [0.2, 0.25) is 0 Å². The van der Waals surface area contributed by atoms with Crippen molar-refractivity contribution in [2.75, 3.05) is 17.7 Å². The number of ether oxygens (including phenoxy) is 1. The van der Waals surface area contributed by atoms with Gasteiger partial charge in [-0.1, -0.05) is 11.6 Å². The molecule has 2 aromatic rings. The van der Waals surface area contributed by atoms with Gasteiger partial charge in [0.25, 0.3) is 5.91 Å². The minimum absolute atomic E-state index is 0.0736. The van der Waals surface area contributed by atoms with Crippen molar-refractivity contribution in [2.24, 2.45) is 0 Å². The van der Waals surface area contributed by atoms with Gasteiger partial charge >= 0.3 is 0 Å². The predicted octanol–water partition coefficient (Wildman–Crippen LogP) is 3.71. The first-order valence-electron chi connectivity index (χ1n) is 6.30. The Labute approximate surface area is 126 Å². The van der Waals surface area contributed by atoms with E-state index in [9.17, 15) is 9.18 Å². The minimum Gasteiger partial charge on any atom is -0.492 e. The topological polar surface area (TPSA) is 64.3 Å². The first-order valence-corrected chi connectivity index (χ1v) is 6.67. The molecule has 0 aliphatic carbocycles. The number of nitrogen functional groups attached to an aromatic ring is 1. The zero-order chi connectivity index (χ0) is 15.4. The molecule has 4 nitrogen and oxygen atoms in total. The van der Waals surface area contributed by atoms with Gasteiger partial charge in [-0.25, -0.2) is 4.39 Å². The molecule has 1 amide bonds. The Kier molecular flexibility index (Phi) is 4.65. The van der Waals surface area contributed by atoms with Crippen molar-refractivity contribution in [1.82, 2.24) is 0 Å². The molecule has 0 heterocycles. The maximum Gasteiger partial charge on any atom is 0.257 e. The Hall–Kier alpha value is -2.27. The van der Waals surface area contributed by atoms with Gasteiger partial charge in [0.05, 0.1) is 17.2 Å². The number of hydrogen-bond donors (Lipinski definition) is 2. The van der Waals surface area contributed by atoms with Crippen LogP contribution in [-0.2, 0) is 0 Å². The quantitative estimate of drug-likeness (QED) is 0.846. The lowest BCUT2D eigenvalue weighted by Gasteiger charge is -2.10.